The summed E-state index contributed by atoms with van der Waals surface area (Å²) in [6.45, 7) is 5.50. The van der Waals surface area contributed by atoms with Crippen molar-refractivity contribution in [2.45, 2.75) is 33.0 Å². The maximum Gasteiger partial charge on any atom is 0.416 e. The summed E-state index contributed by atoms with van der Waals surface area (Å²) in [5.41, 5.74) is -0.538. The van der Waals surface area contributed by atoms with Gasteiger partial charge in [0, 0.05) is 5.71 Å². The Morgan fingerprint density at radius 2 is 2.00 bits per heavy atom. The van der Waals surface area contributed by atoms with E-state index >= 15 is 0 Å². The van der Waals surface area contributed by atoms with Crippen LogP contribution in [0.3, 0.4) is 0 Å². The van der Waals surface area contributed by atoms with Crippen molar-refractivity contribution in [1.29, 1.82) is 0 Å². The number of ether oxygens (including phenoxy) is 1. The van der Waals surface area contributed by atoms with Gasteiger partial charge in [0.2, 0.25) is 0 Å². The quantitative estimate of drug-likeness (QED) is 0.643. The lowest BCUT2D eigenvalue weighted by atomic mass is 9.86. The van der Waals surface area contributed by atoms with Gasteiger partial charge in [-0.1, -0.05) is 32.0 Å². The Labute approximate surface area is 149 Å². The number of alkyl halides is 3. The predicted octanol–water partition coefficient (Wildman–Crippen LogP) is 3.91. The van der Waals surface area contributed by atoms with Crippen molar-refractivity contribution in [3.8, 4) is 0 Å². The topological polar surface area (TPSA) is 50.7 Å². The van der Waals surface area contributed by atoms with Crippen molar-refractivity contribution in [2.75, 3.05) is 6.61 Å². The van der Waals surface area contributed by atoms with Crippen molar-refractivity contribution in [3.63, 3.8) is 0 Å². The van der Waals surface area contributed by atoms with Crippen LogP contribution in [-0.2, 0) is 15.7 Å². The molecule has 0 amide bonds. The van der Waals surface area contributed by atoms with E-state index in [9.17, 15) is 18.0 Å². The Bertz CT molecular complexity index is 701. The van der Waals surface area contributed by atoms with Gasteiger partial charge in [-0.2, -0.15) is 13.2 Å². The van der Waals surface area contributed by atoms with Crippen LogP contribution >= 0.6 is 12.2 Å². The highest BCUT2D eigenvalue weighted by Gasteiger charge is 2.42. The SMILES string of the molecule is CC1=NC(=S)NC(c2ccccc2C(F)(F)F)C1C(=O)OCC(C)C. The number of halogens is 3. The average molecular weight is 372 g/mol. The second-order valence-electron chi connectivity index (χ2n) is 6.27. The lowest BCUT2D eigenvalue weighted by Gasteiger charge is -2.32. The Hall–Kier alpha value is -1.96. The van der Waals surface area contributed by atoms with E-state index in [1.165, 1.54) is 18.2 Å². The molecule has 2 unspecified atom stereocenters. The zero-order valence-electron chi connectivity index (χ0n) is 14.1. The molecule has 4 nitrogen and oxygen atoms in total. The van der Waals surface area contributed by atoms with Crippen LogP contribution in [0.4, 0.5) is 13.2 Å². The highest BCUT2D eigenvalue weighted by atomic mass is 32.1. The summed E-state index contributed by atoms with van der Waals surface area (Å²) < 4.78 is 45.4. The number of esters is 1. The first-order valence-electron chi connectivity index (χ1n) is 7.79. The fraction of sp³-hybridized carbons (Fsp3) is 0.471. The molecule has 136 valence electrons. The number of nitrogens with zero attached hydrogens (tertiary/aromatic N) is 1. The Morgan fingerprint density at radius 1 is 1.36 bits per heavy atom. The van der Waals surface area contributed by atoms with E-state index in [0.717, 1.165) is 6.07 Å². The molecular formula is C17H19F3N2O2S. The van der Waals surface area contributed by atoms with Crippen LogP contribution in [-0.4, -0.2) is 23.4 Å². The van der Waals surface area contributed by atoms with E-state index in [4.69, 9.17) is 17.0 Å². The van der Waals surface area contributed by atoms with Gasteiger partial charge in [-0.3, -0.25) is 4.79 Å². The fourth-order valence-corrected chi connectivity index (χ4v) is 2.92. The van der Waals surface area contributed by atoms with Crippen LogP contribution in [0, 0.1) is 11.8 Å². The minimum Gasteiger partial charge on any atom is -0.465 e. The third kappa shape index (κ3) is 4.56. The lowest BCUT2D eigenvalue weighted by Crippen LogP contribution is -2.45. The van der Waals surface area contributed by atoms with Crippen LogP contribution in [0.1, 0.15) is 37.9 Å². The van der Waals surface area contributed by atoms with Crippen molar-refractivity contribution in [2.24, 2.45) is 16.8 Å². The highest BCUT2D eigenvalue weighted by molar-refractivity contribution is 7.80. The largest absolute Gasteiger partial charge is 0.465 e. The molecule has 8 heteroatoms. The zero-order valence-corrected chi connectivity index (χ0v) is 14.9. The van der Waals surface area contributed by atoms with E-state index in [1.807, 2.05) is 13.8 Å². The molecule has 1 aliphatic rings. The summed E-state index contributed by atoms with van der Waals surface area (Å²) in [5, 5.41) is 2.79. The third-order valence-electron chi connectivity index (χ3n) is 3.75. The number of hydrogen-bond donors (Lipinski definition) is 1. The van der Waals surface area contributed by atoms with E-state index in [2.05, 4.69) is 10.3 Å². The van der Waals surface area contributed by atoms with Crippen molar-refractivity contribution in [1.82, 2.24) is 5.32 Å². The van der Waals surface area contributed by atoms with Gasteiger partial charge in [-0.05, 0) is 36.7 Å². The molecule has 0 bridgehead atoms. The van der Waals surface area contributed by atoms with Gasteiger partial charge >= 0.3 is 12.1 Å². The molecule has 1 heterocycles. The highest BCUT2D eigenvalue weighted by Crippen LogP contribution is 2.38. The molecule has 0 fully saturated rings. The molecule has 1 aliphatic heterocycles. The van der Waals surface area contributed by atoms with E-state index in [0.29, 0.717) is 5.71 Å². The number of nitrogens with one attached hydrogen (secondary N) is 1. The molecule has 0 saturated carbocycles. The minimum absolute atomic E-state index is 0.0485. The summed E-state index contributed by atoms with van der Waals surface area (Å²) in [4.78, 5) is 16.5. The summed E-state index contributed by atoms with van der Waals surface area (Å²) in [6, 6.07) is 4.14. The number of carbonyl (C=O) groups is 1. The third-order valence-corrected chi connectivity index (χ3v) is 3.96. The molecule has 0 aromatic heterocycles. The van der Waals surface area contributed by atoms with Gasteiger partial charge in [-0.25, -0.2) is 4.99 Å². The van der Waals surface area contributed by atoms with Crippen LogP contribution in [0.25, 0.3) is 0 Å². The van der Waals surface area contributed by atoms with Gasteiger partial charge in [0.1, 0.15) is 5.92 Å². The predicted molar refractivity (Wildman–Crippen MR) is 92.3 cm³/mol. The summed E-state index contributed by atoms with van der Waals surface area (Å²) >= 11 is 5.01. The second kappa shape index (κ2) is 7.51. The van der Waals surface area contributed by atoms with Crippen LogP contribution in [0.15, 0.2) is 29.3 Å². The second-order valence-corrected chi connectivity index (χ2v) is 6.65. The molecule has 2 rings (SSSR count). The molecular weight excluding hydrogens is 353 g/mol. The molecule has 0 aliphatic carbocycles. The van der Waals surface area contributed by atoms with E-state index < -0.39 is 29.7 Å². The molecule has 0 radical (unpaired) electrons. The van der Waals surface area contributed by atoms with Crippen LogP contribution in [0.5, 0.6) is 0 Å². The Morgan fingerprint density at radius 3 is 2.60 bits per heavy atom. The van der Waals surface area contributed by atoms with Crippen LogP contribution < -0.4 is 5.32 Å². The molecule has 0 spiro atoms. The van der Waals surface area contributed by atoms with Gasteiger partial charge in [-0.15, -0.1) is 0 Å². The fourth-order valence-electron chi connectivity index (χ4n) is 2.65. The smallest absolute Gasteiger partial charge is 0.416 e. The van der Waals surface area contributed by atoms with Gasteiger partial charge in [0.05, 0.1) is 18.2 Å². The molecule has 1 aromatic rings. The first kappa shape index (κ1) is 19.4. The van der Waals surface area contributed by atoms with Crippen LogP contribution in [0.2, 0.25) is 0 Å². The van der Waals surface area contributed by atoms with E-state index in [-0.39, 0.29) is 23.2 Å². The molecule has 1 aromatic carbocycles. The van der Waals surface area contributed by atoms with E-state index in [1.54, 1.807) is 6.92 Å². The number of carbonyl (C=O) groups excluding carboxylic acids is 1. The lowest BCUT2D eigenvalue weighted by molar-refractivity contribution is -0.149. The average Bonchev–Trinajstić information content (AvgIpc) is 2.51. The number of benzene rings is 1. The summed E-state index contributed by atoms with van der Waals surface area (Å²) in [5.74, 6) is -1.49. The van der Waals surface area contributed by atoms with Gasteiger partial charge < -0.3 is 10.1 Å². The van der Waals surface area contributed by atoms with Gasteiger partial charge in [0.25, 0.3) is 0 Å². The molecule has 2 atom stereocenters. The number of aliphatic imine (C=N–C) groups is 1. The maximum atomic E-state index is 13.4. The summed E-state index contributed by atoms with van der Waals surface area (Å²) in [7, 11) is 0. The first-order chi connectivity index (χ1) is 11.6. The maximum absolute atomic E-state index is 13.4. The number of rotatable bonds is 4. The zero-order chi connectivity index (χ0) is 18.8. The number of thiocarbonyl (C=S) groups is 1. The Kier molecular flexibility index (Phi) is 5.82. The molecule has 0 saturated heterocycles. The monoisotopic (exact) mass is 372 g/mol. The van der Waals surface area contributed by atoms with Gasteiger partial charge in [0.15, 0.2) is 5.11 Å². The standard InChI is InChI=1S/C17H19F3N2O2S/c1-9(2)8-24-15(23)13-10(3)21-16(25)22-14(13)11-6-4-5-7-12(11)17(18,19)20/h4-7,9,13-14H,8H2,1-3H3,(H,22,25). The first-order valence-corrected chi connectivity index (χ1v) is 8.20. The number of hydrogen-bond acceptors (Lipinski definition) is 3. The van der Waals surface area contributed by atoms with Crippen molar-refractivity contribution >= 4 is 29.0 Å². The Balaban J connectivity index is 2.45. The normalized spacial score (nSPS) is 20.9. The van der Waals surface area contributed by atoms with Crippen molar-refractivity contribution < 1.29 is 22.7 Å². The molecule has 1 N–H and O–H groups in total. The molecule has 25 heavy (non-hydrogen) atoms. The van der Waals surface area contributed by atoms with Crippen molar-refractivity contribution in [3.05, 3.63) is 35.4 Å². The summed E-state index contributed by atoms with van der Waals surface area (Å²) in [6.07, 6.45) is -4.55. The minimum atomic E-state index is -4.55.